The molecular weight excluding hydrogens is 358 g/mol. The fourth-order valence-corrected chi connectivity index (χ4v) is 3.88. The van der Waals surface area contributed by atoms with Crippen molar-refractivity contribution in [3.63, 3.8) is 0 Å². The second-order valence-electron chi connectivity index (χ2n) is 7.53. The lowest BCUT2D eigenvalue weighted by Gasteiger charge is -2.40. The van der Waals surface area contributed by atoms with Gasteiger partial charge in [-0.2, -0.15) is 15.3 Å². The van der Waals surface area contributed by atoms with E-state index in [0.29, 0.717) is 36.8 Å². The molecule has 0 aromatic carbocycles. The minimum atomic E-state index is -0.957. The second-order valence-corrected chi connectivity index (χ2v) is 7.53. The Labute approximate surface area is 163 Å². The summed E-state index contributed by atoms with van der Waals surface area (Å²) in [7, 11) is 0. The van der Waals surface area contributed by atoms with Crippen molar-refractivity contribution >= 4 is 23.4 Å². The van der Waals surface area contributed by atoms with Crippen LogP contribution in [0, 0.1) is 16.7 Å². The van der Waals surface area contributed by atoms with Gasteiger partial charge in [0.2, 0.25) is 11.9 Å². The van der Waals surface area contributed by atoms with Crippen molar-refractivity contribution in [2.24, 2.45) is 5.41 Å². The molecule has 2 aliphatic rings. The summed E-state index contributed by atoms with van der Waals surface area (Å²) in [6, 6.07) is 3.85. The highest BCUT2D eigenvalue weighted by atomic mass is 16.3. The molecule has 3 heterocycles. The van der Waals surface area contributed by atoms with Gasteiger partial charge in [0.05, 0.1) is 30.1 Å². The molecule has 1 saturated carbocycles. The van der Waals surface area contributed by atoms with Crippen LogP contribution in [0.15, 0.2) is 24.7 Å². The van der Waals surface area contributed by atoms with Crippen molar-refractivity contribution in [3.8, 4) is 6.07 Å². The predicted molar refractivity (Wildman–Crippen MR) is 102 cm³/mol. The molecule has 0 bridgehead atoms. The Morgan fingerprint density at radius 1 is 1.39 bits per heavy atom. The van der Waals surface area contributed by atoms with Crippen LogP contribution in [0.3, 0.4) is 0 Å². The number of aliphatic hydroxyl groups is 1. The van der Waals surface area contributed by atoms with Crippen molar-refractivity contribution < 1.29 is 9.90 Å². The fraction of sp³-hybridized carbons (Fsp3) is 0.526. The summed E-state index contributed by atoms with van der Waals surface area (Å²) in [5, 5.41) is 26.6. The van der Waals surface area contributed by atoms with E-state index in [1.54, 1.807) is 28.0 Å². The van der Waals surface area contributed by atoms with Crippen LogP contribution >= 0.6 is 0 Å². The second kappa shape index (κ2) is 6.87. The van der Waals surface area contributed by atoms with Gasteiger partial charge in [0.1, 0.15) is 11.2 Å². The van der Waals surface area contributed by atoms with Gasteiger partial charge in [-0.05, 0) is 38.2 Å². The van der Waals surface area contributed by atoms with Gasteiger partial charge in [0, 0.05) is 18.9 Å². The average Bonchev–Trinajstić information content (AvgIpc) is 3.27. The molecule has 1 aliphatic heterocycles. The molecule has 2 fully saturated rings. The van der Waals surface area contributed by atoms with Crippen molar-refractivity contribution in [1.82, 2.24) is 19.7 Å². The van der Waals surface area contributed by atoms with Gasteiger partial charge in [0.25, 0.3) is 0 Å². The molecule has 1 atom stereocenters. The topological polar surface area (TPSA) is 120 Å². The molecule has 1 saturated heterocycles. The Morgan fingerprint density at radius 2 is 2.21 bits per heavy atom. The lowest BCUT2D eigenvalue weighted by Crippen LogP contribution is -2.44. The normalized spacial score (nSPS) is 23.3. The molecular formula is C19H23N7O2. The highest BCUT2D eigenvalue weighted by molar-refractivity contribution is 6.01. The predicted octanol–water partition coefficient (Wildman–Crippen LogP) is 1.94. The van der Waals surface area contributed by atoms with Gasteiger partial charge < -0.3 is 10.4 Å². The standard InChI is InChI=1S/C19H23N7O2/c1-2-18(12-20)7-9-25(16(18)28)15-4-8-21-17(24-15)23-14-10-22-26(11-14)19(13-27)5-3-6-19/h4,8,10-11,27H,2-3,5-7,9,13H2,1H3,(H,21,23,24)/t18-/m1/s1. The summed E-state index contributed by atoms with van der Waals surface area (Å²) in [6.45, 7) is 2.39. The molecule has 2 aromatic heterocycles. The third kappa shape index (κ3) is 2.81. The van der Waals surface area contributed by atoms with E-state index in [0.717, 1.165) is 19.3 Å². The summed E-state index contributed by atoms with van der Waals surface area (Å²) < 4.78 is 1.80. The van der Waals surface area contributed by atoms with Crippen LogP contribution in [0.2, 0.25) is 0 Å². The number of nitrogens with zero attached hydrogens (tertiary/aromatic N) is 6. The Balaban J connectivity index is 1.52. The quantitative estimate of drug-likeness (QED) is 0.784. The molecule has 0 spiro atoms. The van der Waals surface area contributed by atoms with Crippen LogP contribution in [0.1, 0.15) is 39.0 Å². The summed E-state index contributed by atoms with van der Waals surface area (Å²) in [6.07, 6.45) is 8.98. The molecule has 9 nitrogen and oxygen atoms in total. The molecule has 146 valence electrons. The molecule has 0 unspecified atom stereocenters. The highest BCUT2D eigenvalue weighted by Crippen LogP contribution is 2.39. The molecule has 1 aliphatic carbocycles. The minimum Gasteiger partial charge on any atom is -0.394 e. The van der Waals surface area contributed by atoms with Crippen molar-refractivity contribution in [3.05, 3.63) is 24.7 Å². The maximum absolute atomic E-state index is 12.7. The van der Waals surface area contributed by atoms with Gasteiger partial charge >= 0.3 is 0 Å². The lowest BCUT2D eigenvalue weighted by atomic mass is 9.77. The summed E-state index contributed by atoms with van der Waals surface area (Å²) in [5.74, 6) is 0.624. The first-order chi connectivity index (χ1) is 13.6. The Hall–Kier alpha value is -2.99. The van der Waals surface area contributed by atoms with E-state index < -0.39 is 5.41 Å². The molecule has 9 heteroatoms. The molecule has 4 rings (SSSR count). The van der Waals surface area contributed by atoms with Crippen LogP contribution in [-0.2, 0) is 10.3 Å². The largest absolute Gasteiger partial charge is 0.394 e. The van der Waals surface area contributed by atoms with Crippen molar-refractivity contribution in [1.29, 1.82) is 5.26 Å². The van der Waals surface area contributed by atoms with Gasteiger partial charge in [-0.15, -0.1) is 0 Å². The third-order valence-corrected chi connectivity index (χ3v) is 6.06. The monoisotopic (exact) mass is 381 g/mol. The zero-order valence-electron chi connectivity index (χ0n) is 15.8. The summed E-state index contributed by atoms with van der Waals surface area (Å²) >= 11 is 0. The maximum Gasteiger partial charge on any atom is 0.248 e. The Morgan fingerprint density at radius 3 is 2.82 bits per heavy atom. The van der Waals surface area contributed by atoms with Gasteiger partial charge in [-0.3, -0.25) is 14.4 Å². The van der Waals surface area contributed by atoms with E-state index in [-0.39, 0.29) is 18.1 Å². The third-order valence-electron chi connectivity index (χ3n) is 6.06. The number of anilines is 3. The van der Waals surface area contributed by atoms with E-state index in [1.807, 2.05) is 13.1 Å². The number of hydrogen-bond donors (Lipinski definition) is 2. The number of aromatic nitrogens is 4. The molecule has 0 radical (unpaired) electrons. The average molecular weight is 381 g/mol. The Kier molecular flexibility index (Phi) is 4.51. The molecule has 2 N–H and O–H groups in total. The van der Waals surface area contributed by atoms with E-state index in [2.05, 4.69) is 26.5 Å². The highest BCUT2D eigenvalue weighted by Gasteiger charge is 2.46. The number of nitriles is 1. The number of rotatable bonds is 6. The Bertz CT molecular complexity index is 925. The smallest absolute Gasteiger partial charge is 0.248 e. The minimum absolute atomic E-state index is 0.0647. The van der Waals surface area contributed by atoms with Gasteiger partial charge in [-0.25, -0.2) is 4.98 Å². The maximum atomic E-state index is 12.7. The molecule has 2 aromatic rings. The number of aliphatic hydroxyl groups excluding tert-OH is 1. The summed E-state index contributed by atoms with van der Waals surface area (Å²) in [5.41, 5.74) is -0.545. The zero-order valence-corrected chi connectivity index (χ0v) is 15.8. The van der Waals surface area contributed by atoms with Crippen LogP contribution in [0.4, 0.5) is 17.5 Å². The van der Waals surface area contributed by atoms with Crippen LogP contribution < -0.4 is 10.2 Å². The molecule has 1 amide bonds. The van der Waals surface area contributed by atoms with E-state index >= 15 is 0 Å². The van der Waals surface area contributed by atoms with Crippen molar-refractivity contribution in [2.45, 2.75) is 44.6 Å². The number of amides is 1. The van der Waals surface area contributed by atoms with Crippen molar-refractivity contribution in [2.75, 3.05) is 23.4 Å². The zero-order chi connectivity index (χ0) is 19.8. The SMILES string of the molecule is CC[C@]1(C#N)CCN(c2ccnc(Nc3cnn(C4(CO)CCC4)c3)n2)C1=O. The fourth-order valence-electron chi connectivity index (χ4n) is 3.88. The number of nitrogens with one attached hydrogen (secondary N) is 1. The van der Waals surface area contributed by atoms with Crippen LogP contribution in [0.25, 0.3) is 0 Å². The van der Waals surface area contributed by atoms with Gasteiger partial charge in [-0.1, -0.05) is 6.92 Å². The lowest BCUT2D eigenvalue weighted by molar-refractivity contribution is -0.123. The summed E-state index contributed by atoms with van der Waals surface area (Å²) in [4.78, 5) is 23.0. The molecule has 28 heavy (non-hydrogen) atoms. The first-order valence-corrected chi connectivity index (χ1v) is 9.55. The first-order valence-electron chi connectivity index (χ1n) is 9.55. The van der Waals surface area contributed by atoms with Gasteiger partial charge in [0.15, 0.2) is 0 Å². The first kappa shape index (κ1) is 18.4. The van der Waals surface area contributed by atoms with Crippen LogP contribution in [0.5, 0.6) is 0 Å². The number of hydrogen-bond acceptors (Lipinski definition) is 7. The van der Waals surface area contributed by atoms with E-state index in [1.165, 1.54) is 0 Å². The number of carbonyl (C=O) groups excluding carboxylic acids is 1. The van der Waals surface area contributed by atoms with E-state index in [9.17, 15) is 15.2 Å². The van der Waals surface area contributed by atoms with E-state index in [4.69, 9.17) is 0 Å². The number of carbonyl (C=O) groups is 1. The van der Waals surface area contributed by atoms with Crippen LogP contribution in [-0.4, -0.2) is 43.9 Å².